The van der Waals surface area contributed by atoms with E-state index in [1.54, 1.807) is 29.6 Å². The number of carbonyl (C=O) groups excluding carboxylic acids is 1. The zero-order chi connectivity index (χ0) is 17.0. The SMILES string of the molecule is C=C1SC(SCc2ccccc2/C(=C\O)C(=O)OC)=NC1(C)C. The molecule has 6 heteroatoms. The molecule has 1 aromatic rings. The molecule has 0 aromatic heterocycles. The molecule has 0 spiro atoms. The van der Waals surface area contributed by atoms with Crippen molar-refractivity contribution in [2.24, 2.45) is 4.99 Å². The summed E-state index contributed by atoms with van der Waals surface area (Å²) in [7, 11) is 1.29. The maximum Gasteiger partial charge on any atom is 0.341 e. The predicted octanol–water partition coefficient (Wildman–Crippen LogP) is 4.39. The van der Waals surface area contributed by atoms with Gasteiger partial charge in [0.2, 0.25) is 0 Å². The highest BCUT2D eigenvalue weighted by Gasteiger charge is 2.30. The van der Waals surface area contributed by atoms with Crippen LogP contribution in [0, 0.1) is 0 Å². The Morgan fingerprint density at radius 2 is 2.17 bits per heavy atom. The lowest BCUT2D eigenvalue weighted by Crippen LogP contribution is -2.12. The number of rotatable bonds is 4. The van der Waals surface area contributed by atoms with Crippen LogP contribution in [-0.4, -0.2) is 28.1 Å². The van der Waals surface area contributed by atoms with Crippen molar-refractivity contribution < 1.29 is 14.6 Å². The summed E-state index contributed by atoms with van der Waals surface area (Å²) in [5.41, 5.74) is 1.50. The van der Waals surface area contributed by atoms with Crippen LogP contribution in [0.1, 0.15) is 25.0 Å². The number of nitrogens with zero attached hydrogens (tertiary/aromatic N) is 1. The monoisotopic (exact) mass is 349 g/mol. The van der Waals surface area contributed by atoms with Gasteiger partial charge in [-0.25, -0.2) is 4.79 Å². The third kappa shape index (κ3) is 4.00. The van der Waals surface area contributed by atoms with Gasteiger partial charge in [-0.3, -0.25) is 4.99 Å². The lowest BCUT2D eigenvalue weighted by Gasteiger charge is -2.12. The second kappa shape index (κ2) is 7.27. The molecule has 0 amide bonds. The quantitative estimate of drug-likeness (QED) is 0.496. The van der Waals surface area contributed by atoms with Crippen LogP contribution in [0.25, 0.3) is 5.57 Å². The van der Waals surface area contributed by atoms with E-state index >= 15 is 0 Å². The van der Waals surface area contributed by atoms with E-state index in [4.69, 9.17) is 4.74 Å². The smallest absolute Gasteiger partial charge is 0.341 e. The molecule has 4 nitrogen and oxygen atoms in total. The van der Waals surface area contributed by atoms with E-state index in [0.717, 1.165) is 21.1 Å². The molecule has 122 valence electrons. The van der Waals surface area contributed by atoms with Crippen molar-refractivity contribution in [3.8, 4) is 0 Å². The van der Waals surface area contributed by atoms with Crippen molar-refractivity contribution >= 4 is 39.4 Å². The van der Waals surface area contributed by atoms with Gasteiger partial charge >= 0.3 is 5.97 Å². The Balaban J connectivity index is 2.19. The van der Waals surface area contributed by atoms with Gasteiger partial charge in [0.05, 0.1) is 18.9 Å². The van der Waals surface area contributed by atoms with Crippen molar-refractivity contribution in [3.05, 3.63) is 53.1 Å². The number of methoxy groups -OCH3 is 1. The summed E-state index contributed by atoms with van der Waals surface area (Å²) < 4.78 is 5.68. The van der Waals surface area contributed by atoms with E-state index in [-0.39, 0.29) is 11.1 Å². The van der Waals surface area contributed by atoms with Gasteiger partial charge in [-0.1, -0.05) is 54.4 Å². The molecule has 0 atom stereocenters. The Morgan fingerprint density at radius 1 is 1.48 bits per heavy atom. The zero-order valence-electron chi connectivity index (χ0n) is 13.3. The third-order valence-electron chi connectivity index (χ3n) is 3.46. The van der Waals surface area contributed by atoms with Gasteiger partial charge in [-0.15, -0.1) is 0 Å². The third-order valence-corrected chi connectivity index (χ3v) is 5.87. The van der Waals surface area contributed by atoms with Crippen molar-refractivity contribution in [1.82, 2.24) is 0 Å². The van der Waals surface area contributed by atoms with Crippen molar-refractivity contribution in [2.75, 3.05) is 7.11 Å². The molecule has 1 aliphatic heterocycles. The molecular formula is C17H19NO3S2. The summed E-state index contributed by atoms with van der Waals surface area (Å²) in [5.74, 6) is 0.0757. The first-order valence-corrected chi connectivity index (χ1v) is 8.80. The average molecular weight is 349 g/mol. The average Bonchev–Trinajstić information content (AvgIpc) is 2.79. The first-order chi connectivity index (χ1) is 10.9. The van der Waals surface area contributed by atoms with Crippen LogP contribution in [0.4, 0.5) is 0 Å². The minimum absolute atomic E-state index is 0.148. The number of hydrogen-bond acceptors (Lipinski definition) is 6. The van der Waals surface area contributed by atoms with Gasteiger partial charge in [0.25, 0.3) is 0 Å². The molecule has 0 radical (unpaired) electrons. The number of carbonyl (C=O) groups is 1. The highest BCUT2D eigenvalue weighted by atomic mass is 32.2. The Bertz CT molecular complexity index is 693. The first-order valence-electron chi connectivity index (χ1n) is 7.00. The van der Waals surface area contributed by atoms with E-state index in [0.29, 0.717) is 11.3 Å². The highest BCUT2D eigenvalue weighted by Crippen LogP contribution is 2.42. The second-order valence-electron chi connectivity index (χ2n) is 5.44. The Hall–Kier alpha value is -1.66. The summed E-state index contributed by atoms with van der Waals surface area (Å²) in [5, 5.41) is 9.38. The molecule has 0 unspecified atom stereocenters. The van der Waals surface area contributed by atoms with Gasteiger partial charge in [-0.2, -0.15) is 0 Å². The van der Waals surface area contributed by atoms with Gasteiger partial charge in [0, 0.05) is 10.7 Å². The maximum absolute atomic E-state index is 11.8. The molecule has 1 aliphatic rings. The largest absolute Gasteiger partial charge is 0.515 e. The fraction of sp³-hybridized carbons (Fsp3) is 0.294. The molecule has 0 fully saturated rings. The molecule has 0 bridgehead atoms. The number of aliphatic imine (C=N–C) groups is 1. The lowest BCUT2D eigenvalue weighted by atomic mass is 10.0. The molecular weight excluding hydrogens is 330 g/mol. The van der Waals surface area contributed by atoms with E-state index in [1.807, 2.05) is 32.0 Å². The van der Waals surface area contributed by atoms with Crippen LogP contribution < -0.4 is 0 Å². The number of hydrogen-bond donors (Lipinski definition) is 1. The van der Waals surface area contributed by atoms with Crippen LogP contribution in [0.15, 0.2) is 47.0 Å². The summed E-state index contributed by atoms with van der Waals surface area (Å²) in [6, 6.07) is 7.44. The first kappa shape index (κ1) is 17.7. The van der Waals surface area contributed by atoms with Gasteiger partial charge < -0.3 is 9.84 Å². The van der Waals surface area contributed by atoms with Crippen LogP contribution in [0.5, 0.6) is 0 Å². The molecule has 1 aromatic carbocycles. The van der Waals surface area contributed by atoms with E-state index in [2.05, 4.69) is 11.6 Å². The number of esters is 1. The Labute approximate surface area is 144 Å². The highest BCUT2D eigenvalue weighted by molar-refractivity contribution is 8.40. The predicted molar refractivity (Wildman–Crippen MR) is 98.6 cm³/mol. The van der Waals surface area contributed by atoms with Crippen LogP contribution in [0.2, 0.25) is 0 Å². The van der Waals surface area contributed by atoms with E-state index in [9.17, 15) is 9.90 Å². The van der Waals surface area contributed by atoms with Crippen LogP contribution >= 0.6 is 23.5 Å². The number of aliphatic hydroxyl groups excluding tert-OH is 1. The standard InChI is InChI=1S/C17H19NO3S2/c1-11-17(2,3)18-16(23-11)22-10-12-7-5-6-8-13(12)14(9-19)15(20)21-4/h5-9,19H,1,10H2,2-4H3/b14-9+. The molecule has 2 rings (SSSR count). The molecule has 0 aliphatic carbocycles. The van der Waals surface area contributed by atoms with E-state index < -0.39 is 5.97 Å². The minimum atomic E-state index is -0.563. The van der Waals surface area contributed by atoms with Crippen molar-refractivity contribution in [3.63, 3.8) is 0 Å². The van der Waals surface area contributed by atoms with Crippen LogP contribution in [0.3, 0.4) is 0 Å². The molecule has 0 saturated heterocycles. The zero-order valence-corrected chi connectivity index (χ0v) is 15.0. The van der Waals surface area contributed by atoms with Gasteiger partial charge in [0.1, 0.15) is 9.95 Å². The number of ether oxygens (including phenoxy) is 1. The normalized spacial score (nSPS) is 17.1. The number of benzene rings is 1. The fourth-order valence-corrected chi connectivity index (χ4v) is 4.31. The second-order valence-corrected chi connectivity index (χ2v) is 7.75. The number of thioether (sulfide) groups is 2. The number of aliphatic hydroxyl groups is 1. The Morgan fingerprint density at radius 3 is 2.74 bits per heavy atom. The summed E-state index contributed by atoms with van der Waals surface area (Å²) >= 11 is 3.18. The van der Waals surface area contributed by atoms with Crippen molar-refractivity contribution in [2.45, 2.75) is 25.1 Å². The minimum Gasteiger partial charge on any atom is -0.515 e. The summed E-state index contributed by atoms with van der Waals surface area (Å²) in [4.78, 5) is 17.5. The van der Waals surface area contributed by atoms with E-state index in [1.165, 1.54) is 7.11 Å². The Kier molecular flexibility index (Phi) is 5.59. The van der Waals surface area contributed by atoms with Crippen LogP contribution in [-0.2, 0) is 15.3 Å². The molecule has 1 heterocycles. The van der Waals surface area contributed by atoms with Gasteiger partial charge in [-0.05, 0) is 25.0 Å². The maximum atomic E-state index is 11.8. The lowest BCUT2D eigenvalue weighted by molar-refractivity contribution is -0.133. The summed E-state index contributed by atoms with van der Waals surface area (Å²) in [6.07, 6.45) is 0.794. The van der Waals surface area contributed by atoms with Crippen molar-refractivity contribution in [1.29, 1.82) is 0 Å². The molecule has 1 N–H and O–H groups in total. The topological polar surface area (TPSA) is 58.9 Å². The molecule has 23 heavy (non-hydrogen) atoms. The van der Waals surface area contributed by atoms with Gasteiger partial charge in [0.15, 0.2) is 0 Å². The fourth-order valence-electron chi connectivity index (χ4n) is 2.00. The molecule has 0 saturated carbocycles. The summed E-state index contributed by atoms with van der Waals surface area (Å²) in [6.45, 7) is 8.11.